The third kappa shape index (κ3) is 3.06. The number of hydrogen-bond acceptors (Lipinski definition) is 2. The lowest BCUT2D eigenvalue weighted by molar-refractivity contribution is 0.397. The van der Waals surface area contributed by atoms with Gasteiger partial charge in [0.2, 0.25) is 0 Å². The first-order chi connectivity index (χ1) is 8.99. The molecule has 0 heterocycles. The van der Waals surface area contributed by atoms with E-state index >= 15 is 0 Å². The largest absolute Gasteiger partial charge is 0.496 e. The van der Waals surface area contributed by atoms with Crippen LogP contribution in [0.15, 0.2) is 18.2 Å². The fourth-order valence-electron chi connectivity index (χ4n) is 2.86. The fourth-order valence-corrected chi connectivity index (χ4v) is 3.03. The van der Waals surface area contributed by atoms with Gasteiger partial charge in [0.05, 0.1) is 7.11 Å². The first-order valence-electron chi connectivity index (χ1n) is 7.04. The Hall–Kier alpha value is -0.730. The van der Waals surface area contributed by atoms with Crippen molar-refractivity contribution >= 4 is 11.6 Å². The van der Waals surface area contributed by atoms with Crippen LogP contribution in [-0.4, -0.2) is 20.2 Å². The van der Waals surface area contributed by atoms with Crippen molar-refractivity contribution in [2.75, 3.05) is 20.2 Å². The summed E-state index contributed by atoms with van der Waals surface area (Å²) in [6.07, 6.45) is 1.20. The van der Waals surface area contributed by atoms with Gasteiger partial charge in [-0.05, 0) is 43.0 Å². The summed E-state index contributed by atoms with van der Waals surface area (Å²) in [7, 11) is 1.73. The second-order valence-electron chi connectivity index (χ2n) is 6.13. The molecule has 2 atom stereocenters. The minimum Gasteiger partial charge on any atom is -0.496 e. The van der Waals surface area contributed by atoms with Gasteiger partial charge >= 0.3 is 0 Å². The molecule has 2 nitrogen and oxygen atoms in total. The summed E-state index contributed by atoms with van der Waals surface area (Å²) in [6.45, 7) is 8.82. The Bertz CT molecular complexity index is 446. The predicted octanol–water partition coefficient (Wildman–Crippen LogP) is 3.87. The number of hydrogen-bond donors (Lipinski definition) is 1. The predicted molar refractivity (Wildman–Crippen MR) is 81.2 cm³/mol. The van der Waals surface area contributed by atoms with Crippen molar-refractivity contribution in [1.82, 2.24) is 5.32 Å². The third-order valence-corrected chi connectivity index (χ3v) is 4.38. The molecule has 1 aliphatic carbocycles. The Morgan fingerprint density at radius 2 is 2.16 bits per heavy atom. The zero-order valence-electron chi connectivity index (χ0n) is 12.3. The Kier molecular flexibility index (Phi) is 4.42. The minimum atomic E-state index is 0.200. The van der Waals surface area contributed by atoms with E-state index in [0.717, 1.165) is 23.9 Å². The van der Waals surface area contributed by atoms with Crippen LogP contribution < -0.4 is 10.1 Å². The molecule has 2 rings (SSSR count). The Labute approximate surface area is 121 Å². The van der Waals surface area contributed by atoms with Gasteiger partial charge < -0.3 is 10.1 Å². The van der Waals surface area contributed by atoms with Gasteiger partial charge in [0.25, 0.3) is 0 Å². The molecule has 1 N–H and O–H groups in total. The molecule has 1 aromatic carbocycles. The quantitative estimate of drug-likeness (QED) is 0.855. The number of halogens is 1. The van der Waals surface area contributed by atoms with Crippen molar-refractivity contribution in [1.29, 1.82) is 0 Å². The highest BCUT2D eigenvalue weighted by molar-refractivity contribution is 6.30. The fraction of sp³-hybridized carbons (Fsp3) is 0.625. The van der Waals surface area contributed by atoms with Crippen molar-refractivity contribution in [2.45, 2.75) is 32.6 Å². The highest BCUT2D eigenvalue weighted by Crippen LogP contribution is 2.56. The molecule has 19 heavy (non-hydrogen) atoms. The van der Waals surface area contributed by atoms with Gasteiger partial charge in [-0.25, -0.2) is 0 Å². The standard InChI is InChI=1S/C16H24ClNO/c1-11(2)9-18-10-16(8-12(16)3)14-7-13(17)5-6-15(14)19-4/h5-7,11-12,18H,8-10H2,1-4H3. The van der Waals surface area contributed by atoms with E-state index < -0.39 is 0 Å². The second-order valence-corrected chi connectivity index (χ2v) is 6.57. The third-order valence-electron chi connectivity index (χ3n) is 4.14. The van der Waals surface area contributed by atoms with Crippen molar-refractivity contribution < 1.29 is 4.74 Å². The van der Waals surface area contributed by atoms with Crippen molar-refractivity contribution in [3.63, 3.8) is 0 Å². The van der Waals surface area contributed by atoms with Crippen LogP contribution in [0.25, 0.3) is 0 Å². The lowest BCUT2D eigenvalue weighted by Gasteiger charge is -2.22. The van der Waals surface area contributed by atoms with E-state index in [4.69, 9.17) is 16.3 Å². The van der Waals surface area contributed by atoms with Crippen LogP contribution >= 0.6 is 11.6 Å². The van der Waals surface area contributed by atoms with Crippen LogP contribution in [0.4, 0.5) is 0 Å². The molecule has 106 valence electrons. The van der Waals surface area contributed by atoms with E-state index in [1.54, 1.807) is 7.11 Å². The maximum Gasteiger partial charge on any atom is 0.122 e. The zero-order chi connectivity index (χ0) is 14.0. The van der Waals surface area contributed by atoms with Gasteiger partial charge in [0.1, 0.15) is 5.75 Å². The average Bonchev–Trinajstić information content (AvgIpc) is 3.00. The molecule has 0 amide bonds. The summed E-state index contributed by atoms with van der Waals surface area (Å²) in [6, 6.07) is 5.94. The summed E-state index contributed by atoms with van der Waals surface area (Å²) in [5, 5.41) is 4.38. The molecule has 1 aromatic rings. The molecular formula is C16H24ClNO. The SMILES string of the molecule is COc1ccc(Cl)cc1C1(CNCC(C)C)CC1C. The molecule has 0 aliphatic heterocycles. The molecule has 0 aromatic heterocycles. The van der Waals surface area contributed by atoms with Crippen LogP contribution in [-0.2, 0) is 5.41 Å². The van der Waals surface area contributed by atoms with Gasteiger partial charge in [-0.2, -0.15) is 0 Å². The van der Waals surface area contributed by atoms with E-state index in [1.807, 2.05) is 12.1 Å². The Morgan fingerprint density at radius 3 is 2.68 bits per heavy atom. The van der Waals surface area contributed by atoms with Gasteiger partial charge in [-0.1, -0.05) is 32.4 Å². The Balaban J connectivity index is 2.19. The summed E-state index contributed by atoms with van der Waals surface area (Å²) in [4.78, 5) is 0. The maximum atomic E-state index is 6.16. The molecule has 0 radical (unpaired) electrons. The lowest BCUT2D eigenvalue weighted by atomic mass is 9.92. The van der Waals surface area contributed by atoms with E-state index in [0.29, 0.717) is 11.8 Å². The molecule has 0 saturated heterocycles. The molecule has 2 unspecified atom stereocenters. The van der Waals surface area contributed by atoms with Gasteiger partial charge in [0.15, 0.2) is 0 Å². The normalized spacial score (nSPS) is 25.7. The molecule has 1 fully saturated rings. The number of nitrogens with one attached hydrogen (secondary N) is 1. The monoisotopic (exact) mass is 281 g/mol. The summed E-state index contributed by atoms with van der Waals surface area (Å²) in [5.41, 5.74) is 1.46. The van der Waals surface area contributed by atoms with E-state index in [2.05, 4.69) is 32.2 Å². The molecular weight excluding hydrogens is 258 g/mol. The van der Waals surface area contributed by atoms with Crippen molar-refractivity contribution in [3.05, 3.63) is 28.8 Å². The van der Waals surface area contributed by atoms with Gasteiger partial charge in [-0.3, -0.25) is 0 Å². The highest BCUT2D eigenvalue weighted by Gasteiger charge is 2.53. The van der Waals surface area contributed by atoms with E-state index in [1.165, 1.54) is 12.0 Å². The lowest BCUT2D eigenvalue weighted by Crippen LogP contribution is -2.31. The first kappa shape index (κ1) is 14.7. The van der Waals surface area contributed by atoms with Gasteiger partial charge in [-0.15, -0.1) is 0 Å². The van der Waals surface area contributed by atoms with E-state index in [-0.39, 0.29) is 5.41 Å². The van der Waals surface area contributed by atoms with Gasteiger partial charge in [0, 0.05) is 22.5 Å². The molecule has 0 spiro atoms. The van der Waals surface area contributed by atoms with Crippen LogP contribution in [0.1, 0.15) is 32.8 Å². The number of ether oxygens (including phenoxy) is 1. The summed E-state index contributed by atoms with van der Waals surface area (Å²) >= 11 is 6.16. The van der Waals surface area contributed by atoms with Crippen molar-refractivity contribution in [2.24, 2.45) is 11.8 Å². The molecule has 0 bridgehead atoms. The Morgan fingerprint density at radius 1 is 1.47 bits per heavy atom. The van der Waals surface area contributed by atoms with Crippen molar-refractivity contribution in [3.8, 4) is 5.75 Å². The average molecular weight is 282 g/mol. The molecule has 1 saturated carbocycles. The topological polar surface area (TPSA) is 21.3 Å². The summed E-state index contributed by atoms with van der Waals surface area (Å²) < 4.78 is 5.52. The molecule has 3 heteroatoms. The van der Waals surface area contributed by atoms with Crippen LogP contribution in [0.3, 0.4) is 0 Å². The second kappa shape index (κ2) is 5.72. The van der Waals surface area contributed by atoms with E-state index in [9.17, 15) is 0 Å². The smallest absolute Gasteiger partial charge is 0.122 e. The number of benzene rings is 1. The zero-order valence-corrected chi connectivity index (χ0v) is 13.1. The van der Waals surface area contributed by atoms with Crippen LogP contribution in [0.2, 0.25) is 5.02 Å². The highest BCUT2D eigenvalue weighted by atomic mass is 35.5. The first-order valence-corrected chi connectivity index (χ1v) is 7.42. The number of rotatable bonds is 6. The van der Waals surface area contributed by atoms with Crippen LogP contribution in [0.5, 0.6) is 5.75 Å². The van der Waals surface area contributed by atoms with Crippen LogP contribution in [0, 0.1) is 11.8 Å². The minimum absolute atomic E-state index is 0.200. The maximum absolute atomic E-state index is 6.16. The molecule has 1 aliphatic rings. The summed E-state index contributed by atoms with van der Waals surface area (Å²) in [5.74, 6) is 2.31. The number of methoxy groups -OCH3 is 1.